The second-order valence-corrected chi connectivity index (χ2v) is 10.1. The first kappa shape index (κ1) is 23.1. The van der Waals surface area contributed by atoms with Crippen LogP contribution >= 0.6 is 20.1 Å². The molecule has 1 unspecified atom stereocenters. The topological polar surface area (TPSA) is 23.8 Å². The summed E-state index contributed by atoms with van der Waals surface area (Å²) in [7, 11) is 9.65. The predicted octanol–water partition coefficient (Wildman–Crippen LogP) is 8.51. The molecule has 2 aliphatic rings. The average Bonchev–Trinajstić information content (AvgIpc) is 3.22. The third-order valence-corrected chi connectivity index (χ3v) is 5.59. The predicted molar refractivity (Wildman–Crippen MR) is 121 cm³/mol. The Morgan fingerprint density at radius 2 is 1.64 bits per heavy atom. The maximum absolute atomic E-state index is 8.44. The molecule has 0 amide bonds. The van der Waals surface area contributed by atoms with Crippen LogP contribution < -0.4 is 0 Å². The molecule has 0 radical (unpaired) electrons. The zero-order valence-electron chi connectivity index (χ0n) is 16.9. The number of hydrogen-bond donors (Lipinski definition) is 0. The first-order chi connectivity index (χ1) is 13.3. The normalized spacial score (nSPS) is 20.9. The van der Waals surface area contributed by atoms with Crippen molar-refractivity contribution in [2.45, 2.75) is 34.1 Å². The second kappa shape index (κ2) is 10.6. The molecule has 0 aromatic heterocycles. The van der Waals surface area contributed by atoms with Gasteiger partial charge in [-0.3, -0.25) is 0 Å². The number of allylic oxidation sites excluding steroid dienone is 9. The molecule has 1 aromatic rings. The summed E-state index contributed by atoms with van der Waals surface area (Å²) in [6, 6.07) is 10.7. The number of hydrogen-bond acceptors (Lipinski definition) is 0. The van der Waals surface area contributed by atoms with Gasteiger partial charge in [0.25, 0.3) is 0 Å². The Hall–Kier alpha value is -1.17. The average molecular weight is 453 g/mol. The van der Waals surface area contributed by atoms with E-state index in [2.05, 4.69) is 87.6 Å². The van der Waals surface area contributed by atoms with Crippen LogP contribution in [-0.4, -0.2) is 0 Å². The van der Waals surface area contributed by atoms with E-state index in [1.54, 1.807) is 0 Å². The number of benzene rings is 1. The Labute approximate surface area is 184 Å². The Morgan fingerprint density at radius 1 is 1.07 bits per heavy atom. The van der Waals surface area contributed by atoms with Gasteiger partial charge < -0.3 is 5.73 Å². The van der Waals surface area contributed by atoms with Crippen molar-refractivity contribution in [3.05, 3.63) is 94.9 Å². The van der Waals surface area contributed by atoms with Gasteiger partial charge in [-0.25, -0.2) is 0 Å². The Morgan fingerprint density at radius 3 is 2.21 bits per heavy atom. The van der Waals surface area contributed by atoms with Crippen molar-refractivity contribution in [2.75, 3.05) is 0 Å². The van der Waals surface area contributed by atoms with Crippen LogP contribution in [0.25, 0.3) is 11.3 Å². The first-order valence-electron chi connectivity index (χ1n) is 9.45. The van der Waals surface area contributed by atoms with Gasteiger partial charge in [0.15, 0.2) is 0 Å². The molecule has 0 aliphatic heterocycles. The minimum absolute atomic E-state index is 0.133. The molecule has 2 aliphatic carbocycles. The third kappa shape index (κ3) is 5.68. The van der Waals surface area contributed by atoms with Gasteiger partial charge >= 0.3 is 33.5 Å². The molecule has 1 N–H and O–H groups in total. The van der Waals surface area contributed by atoms with Crippen molar-refractivity contribution in [3.63, 3.8) is 0 Å². The molecule has 0 saturated heterocycles. The number of halogens is 2. The second-order valence-electron chi connectivity index (χ2n) is 7.97. The Bertz CT molecular complexity index is 804. The van der Waals surface area contributed by atoms with Crippen LogP contribution in [0.5, 0.6) is 0 Å². The van der Waals surface area contributed by atoms with E-state index in [1.807, 2.05) is 6.92 Å². The standard InChI is InChI=1S/C24H28N.2ClH.Cr/c1-17-14-15-21(18(2)23(17)25)22(19-10-6-5-7-11-19)16-24(3,4)20-12-8-9-13-20;;;/h5-15,18,20,25H,16H2,1-4H3;2*1H;/q-1;;;+3/p-2. The zero-order chi connectivity index (χ0) is 20.7. The molecule has 28 heavy (non-hydrogen) atoms. The Balaban J connectivity index is 0.000000878. The van der Waals surface area contributed by atoms with E-state index in [9.17, 15) is 0 Å². The third-order valence-electron chi connectivity index (χ3n) is 5.59. The van der Waals surface area contributed by atoms with E-state index in [1.165, 1.54) is 16.7 Å². The number of rotatable bonds is 4. The first-order valence-corrected chi connectivity index (χ1v) is 13.0. The SMILES string of the molecule is CC1=C([NH-])C(C)C(=C(CC(C)(C)C2C=CC=C2)c2ccccc2)C=C1.[Cl][Cr+][Cl]. The van der Waals surface area contributed by atoms with Crippen molar-refractivity contribution < 1.29 is 13.4 Å². The van der Waals surface area contributed by atoms with Gasteiger partial charge in [-0.1, -0.05) is 93.1 Å². The summed E-state index contributed by atoms with van der Waals surface area (Å²) in [5.74, 6) is 0.605. The van der Waals surface area contributed by atoms with Crippen LogP contribution in [0.1, 0.15) is 39.7 Å². The fraction of sp³-hybridized carbons (Fsp3) is 0.333. The molecule has 1 aromatic carbocycles. The van der Waals surface area contributed by atoms with Crippen LogP contribution in [0.15, 0.2) is 83.6 Å². The summed E-state index contributed by atoms with van der Waals surface area (Å²) < 4.78 is 0. The van der Waals surface area contributed by atoms with Gasteiger partial charge in [0.1, 0.15) is 0 Å². The van der Waals surface area contributed by atoms with E-state index in [4.69, 9.17) is 25.8 Å². The fourth-order valence-corrected chi connectivity index (χ4v) is 3.84. The van der Waals surface area contributed by atoms with Gasteiger partial charge in [0.2, 0.25) is 0 Å². The molecule has 0 saturated carbocycles. The summed E-state index contributed by atoms with van der Waals surface area (Å²) in [5, 5.41) is 0. The van der Waals surface area contributed by atoms with E-state index < -0.39 is 0 Å². The van der Waals surface area contributed by atoms with Crippen LogP contribution in [0.2, 0.25) is 0 Å². The zero-order valence-corrected chi connectivity index (χ0v) is 19.7. The van der Waals surface area contributed by atoms with Crippen molar-refractivity contribution in [3.8, 4) is 0 Å². The Kier molecular flexibility index (Phi) is 8.72. The molecule has 3 rings (SSSR count). The summed E-state index contributed by atoms with van der Waals surface area (Å²) in [4.78, 5) is 0. The molecule has 0 spiro atoms. The van der Waals surface area contributed by atoms with Crippen LogP contribution in [0.3, 0.4) is 0 Å². The molecular weight excluding hydrogens is 425 g/mol. The van der Waals surface area contributed by atoms with E-state index in [-0.39, 0.29) is 24.7 Å². The fourth-order valence-electron chi connectivity index (χ4n) is 3.84. The van der Waals surface area contributed by atoms with Gasteiger partial charge in [-0.05, 0) is 41.4 Å². The molecule has 0 fully saturated rings. The maximum atomic E-state index is 8.44. The van der Waals surface area contributed by atoms with Crippen molar-refractivity contribution in [1.82, 2.24) is 0 Å². The van der Waals surface area contributed by atoms with Crippen molar-refractivity contribution >= 4 is 25.7 Å². The molecule has 0 heterocycles. The van der Waals surface area contributed by atoms with E-state index >= 15 is 0 Å². The van der Waals surface area contributed by atoms with Gasteiger partial charge in [-0.2, -0.15) is 5.70 Å². The summed E-state index contributed by atoms with van der Waals surface area (Å²) in [6.07, 6.45) is 14.2. The molecule has 4 heteroatoms. The van der Waals surface area contributed by atoms with Crippen molar-refractivity contribution in [2.24, 2.45) is 17.3 Å². The summed E-state index contributed by atoms with van der Waals surface area (Å²) in [6.45, 7) is 8.89. The van der Waals surface area contributed by atoms with Crippen molar-refractivity contribution in [1.29, 1.82) is 0 Å². The van der Waals surface area contributed by atoms with Gasteiger partial charge in [0, 0.05) is 5.92 Å². The van der Waals surface area contributed by atoms with Gasteiger partial charge in [-0.15, -0.1) is 0 Å². The molecule has 1 nitrogen and oxygen atoms in total. The van der Waals surface area contributed by atoms with Gasteiger partial charge in [0.05, 0.1) is 0 Å². The van der Waals surface area contributed by atoms with Crippen LogP contribution in [-0.2, 0) is 13.4 Å². The molecule has 0 bridgehead atoms. The summed E-state index contributed by atoms with van der Waals surface area (Å²) in [5.41, 5.74) is 14.3. The molecular formula is C24H28Cl2CrN. The monoisotopic (exact) mass is 452 g/mol. The molecule has 1 atom stereocenters. The van der Waals surface area contributed by atoms with Crippen LogP contribution in [0.4, 0.5) is 0 Å². The quantitative estimate of drug-likeness (QED) is 0.436. The van der Waals surface area contributed by atoms with E-state index in [0.717, 1.165) is 17.7 Å². The number of nitrogens with one attached hydrogen (secondary N) is 1. The minimum atomic E-state index is -0.181. The summed E-state index contributed by atoms with van der Waals surface area (Å²) >= 11 is -0.181. The van der Waals surface area contributed by atoms with Crippen LogP contribution in [0, 0.1) is 17.3 Å². The molecule has 149 valence electrons. The van der Waals surface area contributed by atoms with E-state index in [0.29, 0.717) is 5.92 Å².